The number of hydrogen-bond donors (Lipinski definition) is 1. The van der Waals surface area contributed by atoms with Gasteiger partial charge in [0.25, 0.3) is 0 Å². The lowest BCUT2D eigenvalue weighted by atomic mass is 10.1. The van der Waals surface area contributed by atoms with Crippen molar-refractivity contribution in [3.05, 3.63) is 58.9 Å². The van der Waals surface area contributed by atoms with Crippen LogP contribution in [0.1, 0.15) is 18.9 Å². The zero-order valence-corrected chi connectivity index (χ0v) is 20.4. The zero-order valence-electron chi connectivity index (χ0n) is 18.8. The van der Waals surface area contributed by atoms with Gasteiger partial charge in [0, 0.05) is 13.6 Å². The third-order valence-electron chi connectivity index (χ3n) is 5.01. The van der Waals surface area contributed by atoms with Crippen LogP contribution in [0.4, 0.5) is 10.1 Å². The van der Waals surface area contributed by atoms with Gasteiger partial charge in [0.2, 0.25) is 21.8 Å². The fourth-order valence-corrected chi connectivity index (χ4v) is 4.28. The molecule has 1 atom stereocenters. The van der Waals surface area contributed by atoms with Crippen LogP contribution in [-0.4, -0.2) is 58.1 Å². The molecule has 0 aliphatic heterocycles. The molecule has 0 aliphatic carbocycles. The highest BCUT2D eigenvalue weighted by molar-refractivity contribution is 7.92. The third kappa shape index (κ3) is 6.82. The second-order valence-electron chi connectivity index (χ2n) is 7.28. The molecule has 180 valence electrons. The molecule has 1 unspecified atom stereocenters. The van der Waals surface area contributed by atoms with Crippen LogP contribution in [0.5, 0.6) is 5.75 Å². The normalized spacial score (nSPS) is 12.1. The number of hydrogen-bond acceptors (Lipinski definition) is 5. The number of carbonyl (C=O) groups is 2. The van der Waals surface area contributed by atoms with E-state index < -0.39 is 34.3 Å². The van der Waals surface area contributed by atoms with Crippen molar-refractivity contribution in [2.24, 2.45) is 0 Å². The molecule has 0 bridgehead atoms. The van der Waals surface area contributed by atoms with E-state index in [0.717, 1.165) is 28.3 Å². The minimum atomic E-state index is -3.93. The van der Waals surface area contributed by atoms with Crippen molar-refractivity contribution in [1.82, 2.24) is 10.2 Å². The number of anilines is 1. The van der Waals surface area contributed by atoms with E-state index in [2.05, 4.69) is 5.32 Å². The van der Waals surface area contributed by atoms with Gasteiger partial charge >= 0.3 is 0 Å². The Bertz CT molecular complexity index is 1100. The highest BCUT2D eigenvalue weighted by atomic mass is 35.5. The van der Waals surface area contributed by atoms with Crippen molar-refractivity contribution >= 4 is 39.1 Å². The first-order valence-electron chi connectivity index (χ1n) is 10.1. The van der Waals surface area contributed by atoms with E-state index in [9.17, 15) is 22.4 Å². The Morgan fingerprint density at radius 2 is 1.82 bits per heavy atom. The predicted molar refractivity (Wildman–Crippen MR) is 125 cm³/mol. The largest absolute Gasteiger partial charge is 0.497 e. The van der Waals surface area contributed by atoms with E-state index in [-0.39, 0.29) is 23.2 Å². The smallest absolute Gasteiger partial charge is 0.244 e. The number of methoxy groups -OCH3 is 1. The summed E-state index contributed by atoms with van der Waals surface area (Å²) >= 11 is 5.82. The number of carbonyl (C=O) groups excluding carboxylic acids is 2. The molecule has 8 nitrogen and oxygen atoms in total. The summed E-state index contributed by atoms with van der Waals surface area (Å²) in [6.07, 6.45) is 1.24. The predicted octanol–water partition coefficient (Wildman–Crippen LogP) is 2.81. The van der Waals surface area contributed by atoms with E-state index in [1.807, 2.05) is 0 Å². The monoisotopic (exact) mass is 499 g/mol. The van der Waals surface area contributed by atoms with Crippen LogP contribution in [0.15, 0.2) is 42.5 Å². The summed E-state index contributed by atoms with van der Waals surface area (Å²) in [5, 5.41) is 2.26. The van der Waals surface area contributed by atoms with E-state index in [1.165, 1.54) is 25.1 Å². The van der Waals surface area contributed by atoms with Gasteiger partial charge in [-0.25, -0.2) is 12.8 Å². The third-order valence-corrected chi connectivity index (χ3v) is 6.44. The van der Waals surface area contributed by atoms with Crippen molar-refractivity contribution < 1.29 is 27.1 Å². The molecule has 2 amide bonds. The summed E-state index contributed by atoms with van der Waals surface area (Å²) in [5.74, 6) is -1.07. The number of benzene rings is 2. The van der Waals surface area contributed by atoms with Gasteiger partial charge in [0.1, 0.15) is 24.2 Å². The minimum absolute atomic E-state index is 0.0367. The highest BCUT2D eigenvalue weighted by Gasteiger charge is 2.31. The van der Waals surface area contributed by atoms with Gasteiger partial charge in [-0.15, -0.1) is 0 Å². The lowest BCUT2D eigenvalue weighted by Crippen LogP contribution is -2.51. The molecule has 2 rings (SSSR count). The number of rotatable bonds is 10. The molecule has 2 aromatic carbocycles. The molecule has 0 saturated heterocycles. The van der Waals surface area contributed by atoms with Gasteiger partial charge in [-0.2, -0.15) is 0 Å². The number of nitrogens with zero attached hydrogens (tertiary/aromatic N) is 2. The summed E-state index contributed by atoms with van der Waals surface area (Å²) < 4.78 is 44.5. The lowest BCUT2D eigenvalue weighted by molar-refractivity contribution is -0.140. The molecule has 0 aromatic heterocycles. The zero-order chi connectivity index (χ0) is 24.8. The molecule has 1 N–H and O–H groups in total. The Morgan fingerprint density at radius 3 is 2.30 bits per heavy atom. The Hall–Kier alpha value is -2.85. The summed E-state index contributed by atoms with van der Waals surface area (Å²) in [6.45, 7) is 1.23. The maximum absolute atomic E-state index is 13.6. The molecular weight excluding hydrogens is 473 g/mol. The van der Waals surface area contributed by atoms with Gasteiger partial charge in [0.05, 0.1) is 24.1 Å². The van der Waals surface area contributed by atoms with Crippen LogP contribution < -0.4 is 14.4 Å². The molecule has 0 saturated carbocycles. The van der Waals surface area contributed by atoms with E-state index in [0.29, 0.717) is 12.2 Å². The minimum Gasteiger partial charge on any atom is -0.497 e. The number of nitrogens with one attached hydrogen (secondary N) is 1. The van der Waals surface area contributed by atoms with Crippen LogP contribution in [0.25, 0.3) is 0 Å². The molecule has 33 heavy (non-hydrogen) atoms. The van der Waals surface area contributed by atoms with Gasteiger partial charge in [-0.05, 0) is 42.3 Å². The summed E-state index contributed by atoms with van der Waals surface area (Å²) in [4.78, 5) is 27.2. The summed E-state index contributed by atoms with van der Waals surface area (Å²) in [6, 6.07) is 9.50. The maximum Gasteiger partial charge on any atom is 0.244 e. The second kappa shape index (κ2) is 11.3. The van der Waals surface area contributed by atoms with Crippen LogP contribution in [0.2, 0.25) is 5.02 Å². The fourth-order valence-electron chi connectivity index (χ4n) is 3.27. The summed E-state index contributed by atoms with van der Waals surface area (Å²) in [5.41, 5.74) is 0.761. The first kappa shape index (κ1) is 26.4. The number of amides is 2. The SMILES string of the molecule is CCC(C(=O)NC)N(Cc1ccc(OC)cc1)C(=O)CN(c1ccc(F)c(Cl)c1)S(C)(=O)=O. The van der Waals surface area contributed by atoms with Crippen LogP contribution in [-0.2, 0) is 26.2 Å². The van der Waals surface area contributed by atoms with Crippen molar-refractivity contribution in [3.63, 3.8) is 0 Å². The Kier molecular flexibility index (Phi) is 9.07. The molecule has 11 heteroatoms. The van der Waals surface area contributed by atoms with E-state index in [1.54, 1.807) is 31.2 Å². The molecule has 2 aromatic rings. The quantitative estimate of drug-likeness (QED) is 0.542. The Morgan fingerprint density at radius 1 is 1.18 bits per heavy atom. The summed E-state index contributed by atoms with van der Waals surface area (Å²) in [7, 11) is -0.933. The average Bonchev–Trinajstić information content (AvgIpc) is 2.78. The van der Waals surface area contributed by atoms with E-state index in [4.69, 9.17) is 16.3 Å². The van der Waals surface area contributed by atoms with Crippen molar-refractivity contribution in [2.45, 2.75) is 25.9 Å². The van der Waals surface area contributed by atoms with Gasteiger partial charge in [-0.1, -0.05) is 30.7 Å². The number of halogens is 2. The number of sulfonamides is 1. The van der Waals surface area contributed by atoms with Gasteiger partial charge in [-0.3, -0.25) is 13.9 Å². The second-order valence-corrected chi connectivity index (χ2v) is 9.59. The molecule has 0 aliphatic rings. The molecule has 0 spiro atoms. The lowest BCUT2D eigenvalue weighted by Gasteiger charge is -2.32. The van der Waals surface area contributed by atoms with Crippen molar-refractivity contribution in [3.8, 4) is 5.75 Å². The molecular formula is C22H27ClFN3O5S. The standard InChI is InChI=1S/C22H27ClFN3O5S/c1-5-20(22(29)25-2)26(13-15-6-9-17(32-3)10-7-15)21(28)14-27(33(4,30)31)16-8-11-19(24)18(23)12-16/h6-12,20H,5,13-14H2,1-4H3,(H,25,29). The highest BCUT2D eigenvalue weighted by Crippen LogP contribution is 2.25. The van der Waals surface area contributed by atoms with Crippen molar-refractivity contribution in [2.75, 3.05) is 31.3 Å². The van der Waals surface area contributed by atoms with Crippen LogP contribution in [0, 0.1) is 5.82 Å². The first-order valence-corrected chi connectivity index (χ1v) is 12.3. The van der Waals surface area contributed by atoms with Crippen molar-refractivity contribution in [1.29, 1.82) is 0 Å². The average molecular weight is 500 g/mol. The Balaban J connectivity index is 2.43. The van der Waals surface area contributed by atoms with Gasteiger partial charge in [0.15, 0.2) is 0 Å². The van der Waals surface area contributed by atoms with E-state index >= 15 is 0 Å². The van der Waals surface area contributed by atoms with Crippen LogP contribution in [0.3, 0.4) is 0 Å². The Labute approximate surface area is 198 Å². The topological polar surface area (TPSA) is 96.0 Å². The van der Waals surface area contributed by atoms with Gasteiger partial charge < -0.3 is 15.0 Å². The number of ether oxygens (including phenoxy) is 1. The number of likely N-dealkylation sites (N-methyl/N-ethyl adjacent to an activating group) is 1. The molecule has 0 radical (unpaired) electrons. The van der Waals surface area contributed by atoms with Crippen LogP contribution >= 0.6 is 11.6 Å². The molecule has 0 fully saturated rings. The maximum atomic E-state index is 13.6. The fraction of sp³-hybridized carbons (Fsp3) is 0.364. The molecule has 0 heterocycles. The first-order chi connectivity index (χ1) is 15.5.